The molecule has 8 heteroatoms. The van der Waals surface area contributed by atoms with E-state index < -0.39 is 0 Å². The van der Waals surface area contributed by atoms with Gasteiger partial charge in [0.25, 0.3) is 5.91 Å². The van der Waals surface area contributed by atoms with Crippen LogP contribution in [0.25, 0.3) is 0 Å². The highest BCUT2D eigenvalue weighted by Gasteiger charge is 2.20. The first-order valence-corrected chi connectivity index (χ1v) is 10.5. The Bertz CT molecular complexity index is 940. The van der Waals surface area contributed by atoms with E-state index >= 15 is 0 Å². The maximum Gasteiger partial charge on any atom is 0.252 e. The van der Waals surface area contributed by atoms with Crippen LogP contribution in [-0.2, 0) is 12.8 Å². The summed E-state index contributed by atoms with van der Waals surface area (Å²) in [7, 11) is 0. The number of nitrogen functional groups attached to an aromatic ring is 1. The maximum absolute atomic E-state index is 12.1. The first kappa shape index (κ1) is 22.3. The summed E-state index contributed by atoms with van der Waals surface area (Å²) in [5.74, 6) is 12.1. The Labute approximate surface area is 182 Å². The third kappa shape index (κ3) is 5.61. The minimum absolute atomic E-state index is 0.155. The number of benzene rings is 1. The molecule has 2 aromatic rings. The van der Waals surface area contributed by atoms with E-state index in [0.717, 1.165) is 55.5 Å². The Balaban J connectivity index is 1.49. The SMILES string of the molecule is C=CCc1c(OCCCCNC(=O)c2ccc(NN)nc2)ccc2c1CCCC2=NN. The molecule has 0 spiro atoms. The summed E-state index contributed by atoms with van der Waals surface area (Å²) in [6.07, 6.45) is 8.73. The lowest BCUT2D eigenvalue weighted by atomic mass is 9.85. The van der Waals surface area contributed by atoms with Crippen LogP contribution >= 0.6 is 0 Å². The predicted octanol–water partition coefficient (Wildman–Crippen LogP) is 2.68. The van der Waals surface area contributed by atoms with Crippen molar-refractivity contribution in [3.8, 4) is 5.75 Å². The van der Waals surface area contributed by atoms with Gasteiger partial charge in [-0.15, -0.1) is 6.58 Å². The lowest BCUT2D eigenvalue weighted by Crippen LogP contribution is -2.25. The van der Waals surface area contributed by atoms with Gasteiger partial charge in [-0.1, -0.05) is 6.08 Å². The van der Waals surface area contributed by atoms with Crippen molar-refractivity contribution in [3.63, 3.8) is 0 Å². The van der Waals surface area contributed by atoms with Crippen LogP contribution in [0.5, 0.6) is 5.75 Å². The second kappa shape index (κ2) is 11.1. The zero-order valence-corrected chi connectivity index (χ0v) is 17.7. The van der Waals surface area contributed by atoms with Gasteiger partial charge in [-0.3, -0.25) is 4.79 Å². The van der Waals surface area contributed by atoms with Crippen LogP contribution in [0.2, 0.25) is 0 Å². The number of allylic oxidation sites excluding steroid dienone is 1. The van der Waals surface area contributed by atoms with Crippen molar-refractivity contribution in [3.05, 3.63) is 65.4 Å². The monoisotopic (exact) mass is 422 g/mol. The molecular formula is C23H30N6O2. The summed E-state index contributed by atoms with van der Waals surface area (Å²) < 4.78 is 6.08. The van der Waals surface area contributed by atoms with E-state index in [9.17, 15) is 4.79 Å². The van der Waals surface area contributed by atoms with Crippen molar-refractivity contribution in [2.45, 2.75) is 38.5 Å². The molecule has 164 valence electrons. The fraction of sp³-hybridized carbons (Fsp3) is 0.348. The molecule has 0 bridgehead atoms. The van der Waals surface area contributed by atoms with Crippen LogP contribution in [-0.4, -0.2) is 29.8 Å². The average molecular weight is 423 g/mol. The van der Waals surface area contributed by atoms with Gasteiger partial charge in [0, 0.05) is 23.9 Å². The van der Waals surface area contributed by atoms with E-state index in [1.54, 1.807) is 12.1 Å². The molecule has 1 amide bonds. The summed E-state index contributed by atoms with van der Waals surface area (Å²) in [5.41, 5.74) is 7.46. The minimum atomic E-state index is -0.155. The Morgan fingerprint density at radius 1 is 1.26 bits per heavy atom. The van der Waals surface area contributed by atoms with Gasteiger partial charge < -0.3 is 21.3 Å². The maximum atomic E-state index is 12.1. The number of nitrogens with two attached hydrogens (primary N) is 2. The molecule has 0 atom stereocenters. The summed E-state index contributed by atoms with van der Waals surface area (Å²) in [6, 6.07) is 7.40. The normalized spacial score (nSPS) is 14.0. The molecule has 0 unspecified atom stereocenters. The molecule has 1 aliphatic rings. The second-order valence-corrected chi connectivity index (χ2v) is 7.38. The number of unbranched alkanes of at least 4 members (excludes halogenated alkanes) is 1. The number of hydrazone groups is 1. The zero-order chi connectivity index (χ0) is 22.1. The molecule has 8 nitrogen and oxygen atoms in total. The topological polar surface area (TPSA) is 128 Å². The highest BCUT2D eigenvalue weighted by Crippen LogP contribution is 2.32. The number of pyridine rings is 1. The first-order valence-electron chi connectivity index (χ1n) is 10.5. The summed E-state index contributed by atoms with van der Waals surface area (Å²) >= 11 is 0. The molecule has 1 heterocycles. The van der Waals surface area contributed by atoms with Crippen molar-refractivity contribution in [1.82, 2.24) is 10.3 Å². The van der Waals surface area contributed by atoms with Crippen LogP contribution in [0.1, 0.15) is 52.7 Å². The fourth-order valence-corrected chi connectivity index (χ4v) is 3.76. The van der Waals surface area contributed by atoms with E-state index in [1.165, 1.54) is 17.3 Å². The van der Waals surface area contributed by atoms with Crippen LogP contribution < -0.4 is 27.2 Å². The highest BCUT2D eigenvalue weighted by molar-refractivity contribution is 6.03. The number of aromatic nitrogens is 1. The van der Waals surface area contributed by atoms with Gasteiger partial charge in [-0.25, -0.2) is 10.8 Å². The Morgan fingerprint density at radius 3 is 2.84 bits per heavy atom. The molecule has 0 fully saturated rings. The molecular weight excluding hydrogens is 392 g/mol. The summed E-state index contributed by atoms with van der Waals surface area (Å²) in [4.78, 5) is 16.2. The van der Waals surface area contributed by atoms with Gasteiger partial charge in [0.05, 0.1) is 17.9 Å². The number of ether oxygens (including phenoxy) is 1. The molecule has 0 saturated carbocycles. The minimum Gasteiger partial charge on any atom is -0.493 e. The first-order chi connectivity index (χ1) is 15.2. The number of nitrogens with one attached hydrogen (secondary N) is 2. The van der Waals surface area contributed by atoms with Gasteiger partial charge in [0.2, 0.25) is 0 Å². The molecule has 0 radical (unpaired) electrons. The Morgan fingerprint density at radius 2 is 2.13 bits per heavy atom. The lowest BCUT2D eigenvalue weighted by Gasteiger charge is -2.23. The standard InChI is InChI=1S/C23H30N6O2/c1-2-6-19-17-7-5-8-20(28-24)18(17)10-11-21(19)31-14-4-3-13-26-23(30)16-9-12-22(29-25)27-15-16/h2,9-12,15H,1,3-8,13-14,24-25H2,(H,26,30)(H,27,29). The molecule has 6 N–H and O–H groups in total. The van der Waals surface area contributed by atoms with Crippen LogP contribution in [0.3, 0.4) is 0 Å². The molecule has 0 aliphatic heterocycles. The molecule has 1 aromatic carbocycles. The van der Waals surface area contributed by atoms with E-state index in [1.807, 2.05) is 12.1 Å². The Hall–Kier alpha value is -3.39. The molecule has 3 rings (SSSR count). The van der Waals surface area contributed by atoms with E-state index in [4.69, 9.17) is 16.4 Å². The van der Waals surface area contributed by atoms with Crippen molar-refractivity contribution in [2.24, 2.45) is 16.8 Å². The molecule has 1 aliphatic carbocycles. The van der Waals surface area contributed by atoms with Gasteiger partial charge in [0.1, 0.15) is 11.6 Å². The molecule has 0 saturated heterocycles. The van der Waals surface area contributed by atoms with Crippen LogP contribution in [0.4, 0.5) is 5.82 Å². The van der Waals surface area contributed by atoms with Crippen molar-refractivity contribution in [2.75, 3.05) is 18.6 Å². The quantitative estimate of drug-likeness (QED) is 0.202. The number of hydrogen-bond acceptors (Lipinski definition) is 7. The van der Waals surface area contributed by atoms with E-state index in [0.29, 0.717) is 24.5 Å². The number of fused-ring (bicyclic) bond motifs is 1. The number of rotatable bonds is 10. The van der Waals surface area contributed by atoms with Gasteiger partial charge in [-0.05, 0) is 68.4 Å². The smallest absolute Gasteiger partial charge is 0.252 e. The van der Waals surface area contributed by atoms with E-state index in [-0.39, 0.29) is 5.91 Å². The van der Waals surface area contributed by atoms with Crippen molar-refractivity contribution < 1.29 is 9.53 Å². The van der Waals surface area contributed by atoms with Crippen LogP contribution in [0, 0.1) is 0 Å². The summed E-state index contributed by atoms with van der Waals surface area (Å²) in [5, 5.41) is 6.86. The molecule has 31 heavy (non-hydrogen) atoms. The lowest BCUT2D eigenvalue weighted by molar-refractivity contribution is 0.0952. The number of carbonyl (C=O) groups excluding carboxylic acids is 1. The zero-order valence-electron chi connectivity index (χ0n) is 17.7. The second-order valence-electron chi connectivity index (χ2n) is 7.38. The van der Waals surface area contributed by atoms with Gasteiger partial charge in [-0.2, -0.15) is 5.10 Å². The largest absolute Gasteiger partial charge is 0.493 e. The average Bonchev–Trinajstić information content (AvgIpc) is 2.81. The third-order valence-corrected chi connectivity index (χ3v) is 5.33. The Kier molecular flexibility index (Phi) is 8.00. The van der Waals surface area contributed by atoms with Gasteiger partial charge >= 0.3 is 0 Å². The number of hydrazine groups is 1. The van der Waals surface area contributed by atoms with Crippen molar-refractivity contribution >= 4 is 17.4 Å². The highest BCUT2D eigenvalue weighted by atomic mass is 16.5. The number of nitrogens with zero attached hydrogens (tertiary/aromatic N) is 2. The van der Waals surface area contributed by atoms with Gasteiger partial charge in [0.15, 0.2) is 0 Å². The predicted molar refractivity (Wildman–Crippen MR) is 123 cm³/mol. The third-order valence-electron chi connectivity index (χ3n) is 5.33. The van der Waals surface area contributed by atoms with E-state index in [2.05, 4.69) is 33.5 Å². The number of carbonyl (C=O) groups is 1. The number of anilines is 1. The van der Waals surface area contributed by atoms with Crippen LogP contribution in [0.15, 0.2) is 48.2 Å². The molecule has 1 aromatic heterocycles. The summed E-state index contributed by atoms with van der Waals surface area (Å²) in [6.45, 7) is 5.04. The van der Waals surface area contributed by atoms with Crippen molar-refractivity contribution in [1.29, 1.82) is 0 Å². The number of amides is 1. The number of hydrogen-bond donors (Lipinski definition) is 4. The fourth-order valence-electron chi connectivity index (χ4n) is 3.76.